The molecule has 0 atom stereocenters. The van der Waals surface area contributed by atoms with Gasteiger partial charge in [0.05, 0.1) is 0 Å². The number of hydrogen-bond acceptors (Lipinski definition) is 1. The Morgan fingerprint density at radius 2 is 2.00 bits per heavy atom. The molecule has 0 aliphatic carbocycles. The van der Waals surface area contributed by atoms with Crippen LogP contribution in [0.2, 0.25) is 0 Å². The predicted molar refractivity (Wildman–Crippen MR) is 49.6 cm³/mol. The topological polar surface area (TPSA) is 12.0 Å². The van der Waals surface area contributed by atoms with Crippen LogP contribution in [0, 0.1) is 0 Å². The molecule has 0 rings (SSSR count). The highest BCUT2D eigenvalue weighted by Gasteiger charge is 1.86. The maximum atomic E-state index is 3.33. The zero-order valence-electron chi connectivity index (χ0n) is 7.11. The molecular formula is C8H18ClN. The van der Waals surface area contributed by atoms with Crippen LogP contribution in [0.25, 0.3) is 0 Å². The fraction of sp³-hybridized carbons (Fsp3) is 0.750. The van der Waals surface area contributed by atoms with Crippen LogP contribution in [0.4, 0.5) is 0 Å². The summed E-state index contributed by atoms with van der Waals surface area (Å²) in [6.07, 6.45) is 4.46. The molecule has 0 spiro atoms. The van der Waals surface area contributed by atoms with Crippen LogP contribution in [0.15, 0.2) is 11.8 Å². The summed E-state index contributed by atoms with van der Waals surface area (Å²) < 4.78 is 0. The first-order valence-corrected chi connectivity index (χ1v) is 3.74. The third kappa shape index (κ3) is 5.96. The molecule has 0 amide bonds. The van der Waals surface area contributed by atoms with Crippen molar-refractivity contribution in [2.24, 2.45) is 0 Å². The van der Waals surface area contributed by atoms with Crippen molar-refractivity contribution in [1.29, 1.82) is 0 Å². The molecule has 0 unspecified atom stereocenters. The van der Waals surface area contributed by atoms with E-state index in [2.05, 4.69) is 32.2 Å². The fourth-order valence-electron chi connectivity index (χ4n) is 0.717. The Bertz CT molecular complexity index is 89.3. The number of nitrogens with one attached hydrogen (secondary N) is 1. The van der Waals surface area contributed by atoms with Crippen molar-refractivity contribution < 1.29 is 0 Å². The van der Waals surface area contributed by atoms with Gasteiger partial charge in [0.25, 0.3) is 0 Å². The van der Waals surface area contributed by atoms with E-state index in [-0.39, 0.29) is 12.4 Å². The monoisotopic (exact) mass is 163 g/mol. The SMILES string of the molecule is CC=C(CC)NCCC.Cl. The third-order valence-electron chi connectivity index (χ3n) is 1.33. The van der Waals surface area contributed by atoms with Crippen LogP contribution in [0.1, 0.15) is 33.6 Å². The maximum absolute atomic E-state index is 3.33. The molecule has 0 bridgehead atoms. The van der Waals surface area contributed by atoms with Gasteiger partial charge in [0, 0.05) is 12.2 Å². The van der Waals surface area contributed by atoms with Gasteiger partial charge in [0.15, 0.2) is 0 Å². The lowest BCUT2D eigenvalue weighted by Crippen LogP contribution is -2.12. The van der Waals surface area contributed by atoms with E-state index in [1.165, 1.54) is 12.1 Å². The lowest BCUT2D eigenvalue weighted by molar-refractivity contribution is 0.740. The van der Waals surface area contributed by atoms with E-state index < -0.39 is 0 Å². The summed E-state index contributed by atoms with van der Waals surface area (Å²) in [6.45, 7) is 7.52. The molecule has 0 aliphatic rings. The summed E-state index contributed by atoms with van der Waals surface area (Å²) in [7, 11) is 0. The van der Waals surface area contributed by atoms with E-state index in [0.29, 0.717) is 0 Å². The van der Waals surface area contributed by atoms with E-state index in [9.17, 15) is 0 Å². The zero-order valence-corrected chi connectivity index (χ0v) is 7.92. The molecule has 0 saturated heterocycles. The van der Waals surface area contributed by atoms with Crippen molar-refractivity contribution in [2.75, 3.05) is 6.54 Å². The minimum absolute atomic E-state index is 0. The molecule has 0 aromatic carbocycles. The Kier molecular flexibility index (Phi) is 11.0. The highest BCUT2D eigenvalue weighted by atomic mass is 35.5. The molecule has 0 aromatic rings. The molecule has 10 heavy (non-hydrogen) atoms. The first kappa shape index (κ1) is 12.5. The summed E-state index contributed by atoms with van der Waals surface area (Å²) in [5, 5.41) is 3.33. The van der Waals surface area contributed by atoms with Gasteiger partial charge in [-0.25, -0.2) is 0 Å². The Labute approximate surface area is 70.3 Å². The van der Waals surface area contributed by atoms with Crippen molar-refractivity contribution in [2.45, 2.75) is 33.6 Å². The van der Waals surface area contributed by atoms with Gasteiger partial charge in [-0.2, -0.15) is 0 Å². The van der Waals surface area contributed by atoms with Crippen molar-refractivity contribution >= 4 is 12.4 Å². The Balaban J connectivity index is 0. The smallest absolute Gasteiger partial charge is 0.0141 e. The average molecular weight is 164 g/mol. The Morgan fingerprint density at radius 3 is 2.30 bits per heavy atom. The summed E-state index contributed by atoms with van der Waals surface area (Å²) in [4.78, 5) is 0. The molecule has 0 heterocycles. The molecule has 0 aliphatic heterocycles. The Morgan fingerprint density at radius 1 is 1.40 bits per heavy atom. The number of rotatable bonds is 4. The number of hydrogen-bond donors (Lipinski definition) is 1. The lowest BCUT2D eigenvalue weighted by Gasteiger charge is -2.05. The standard InChI is InChI=1S/C8H17N.ClH/c1-4-7-9-8(5-2)6-3;/h5,9H,4,6-7H2,1-3H3;1H. The molecule has 1 nitrogen and oxygen atoms in total. The minimum Gasteiger partial charge on any atom is -0.389 e. The van der Waals surface area contributed by atoms with Crippen LogP contribution in [0.3, 0.4) is 0 Å². The molecule has 0 saturated carbocycles. The van der Waals surface area contributed by atoms with Crippen molar-refractivity contribution in [3.05, 3.63) is 11.8 Å². The Hall–Kier alpha value is -0.170. The average Bonchev–Trinajstić information content (AvgIpc) is 1.91. The van der Waals surface area contributed by atoms with Gasteiger partial charge in [-0.1, -0.05) is 19.9 Å². The van der Waals surface area contributed by atoms with Crippen molar-refractivity contribution in [1.82, 2.24) is 5.32 Å². The largest absolute Gasteiger partial charge is 0.389 e. The summed E-state index contributed by atoms with van der Waals surface area (Å²) in [6, 6.07) is 0. The third-order valence-corrected chi connectivity index (χ3v) is 1.33. The highest BCUT2D eigenvalue weighted by molar-refractivity contribution is 5.85. The molecule has 2 heteroatoms. The fourth-order valence-corrected chi connectivity index (χ4v) is 0.717. The summed E-state index contributed by atoms with van der Waals surface area (Å²) in [5.74, 6) is 0. The van der Waals surface area contributed by atoms with Crippen LogP contribution < -0.4 is 5.32 Å². The van der Waals surface area contributed by atoms with E-state index in [1.54, 1.807) is 0 Å². The van der Waals surface area contributed by atoms with Crippen LogP contribution in [-0.2, 0) is 0 Å². The van der Waals surface area contributed by atoms with Crippen LogP contribution in [-0.4, -0.2) is 6.54 Å². The first-order chi connectivity index (χ1) is 4.35. The second-order valence-corrected chi connectivity index (χ2v) is 2.09. The molecular weight excluding hydrogens is 146 g/mol. The first-order valence-electron chi connectivity index (χ1n) is 3.74. The molecule has 1 N–H and O–H groups in total. The normalized spacial score (nSPS) is 10.5. The van der Waals surface area contributed by atoms with Crippen molar-refractivity contribution in [3.63, 3.8) is 0 Å². The maximum Gasteiger partial charge on any atom is 0.0141 e. The van der Waals surface area contributed by atoms with E-state index in [1.807, 2.05) is 0 Å². The molecule has 0 fully saturated rings. The van der Waals surface area contributed by atoms with Crippen LogP contribution >= 0.6 is 12.4 Å². The quantitative estimate of drug-likeness (QED) is 0.672. The second-order valence-electron chi connectivity index (χ2n) is 2.09. The second kappa shape index (κ2) is 8.83. The van der Waals surface area contributed by atoms with Crippen LogP contribution in [0.5, 0.6) is 0 Å². The number of allylic oxidation sites excluding steroid dienone is 2. The van der Waals surface area contributed by atoms with Gasteiger partial charge in [-0.05, 0) is 19.8 Å². The van der Waals surface area contributed by atoms with Gasteiger partial charge < -0.3 is 5.32 Å². The van der Waals surface area contributed by atoms with Gasteiger partial charge in [-0.3, -0.25) is 0 Å². The summed E-state index contributed by atoms with van der Waals surface area (Å²) in [5.41, 5.74) is 1.36. The highest BCUT2D eigenvalue weighted by Crippen LogP contribution is 1.93. The zero-order chi connectivity index (χ0) is 7.11. The van der Waals surface area contributed by atoms with Gasteiger partial charge in [-0.15, -0.1) is 12.4 Å². The predicted octanol–water partition coefficient (Wildman–Crippen LogP) is 2.72. The summed E-state index contributed by atoms with van der Waals surface area (Å²) >= 11 is 0. The van der Waals surface area contributed by atoms with E-state index >= 15 is 0 Å². The molecule has 62 valence electrons. The van der Waals surface area contributed by atoms with Gasteiger partial charge in [0.1, 0.15) is 0 Å². The number of halogens is 1. The minimum atomic E-state index is 0. The van der Waals surface area contributed by atoms with E-state index in [4.69, 9.17) is 0 Å². The molecule has 0 radical (unpaired) electrons. The lowest BCUT2D eigenvalue weighted by atomic mass is 10.3. The van der Waals surface area contributed by atoms with E-state index in [0.717, 1.165) is 13.0 Å². The van der Waals surface area contributed by atoms with Crippen molar-refractivity contribution in [3.8, 4) is 0 Å². The van der Waals surface area contributed by atoms with Gasteiger partial charge >= 0.3 is 0 Å². The van der Waals surface area contributed by atoms with Gasteiger partial charge in [0.2, 0.25) is 0 Å². The molecule has 0 aromatic heterocycles.